The second-order valence-electron chi connectivity index (χ2n) is 5.74. The maximum absolute atomic E-state index is 14.2. The molecule has 2 aromatic carbocycles. The van der Waals surface area contributed by atoms with Gasteiger partial charge >= 0.3 is 0 Å². The zero-order valence-electron chi connectivity index (χ0n) is 14.6. The number of halogens is 2. The Labute approximate surface area is 156 Å². The summed E-state index contributed by atoms with van der Waals surface area (Å²) in [5.41, 5.74) is 1.65. The number of amides is 1. The third kappa shape index (κ3) is 3.35. The largest absolute Gasteiger partial charge is 0.338 e. The maximum Gasteiger partial charge on any atom is 0.272 e. The van der Waals surface area contributed by atoms with Gasteiger partial charge in [-0.2, -0.15) is 5.10 Å². The molecule has 0 aliphatic carbocycles. The molecule has 0 saturated heterocycles. The molecule has 0 aliphatic rings. The van der Waals surface area contributed by atoms with Gasteiger partial charge in [0, 0.05) is 18.7 Å². The number of para-hydroxylation sites is 1. The van der Waals surface area contributed by atoms with E-state index in [0.717, 1.165) is 0 Å². The lowest BCUT2D eigenvalue weighted by Gasteiger charge is -2.19. The summed E-state index contributed by atoms with van der Waals surface area (Å²) in [5.74, 6) is -0.567. The van der Waals surface area contributed by atoms with Gasteiger partial charge in [0.1, 0.15) is 11.5 Å². The average molecular weight is 372 g/mol. The van der Waals surface area contributed by atoms with E-state index in [1.807, 2.05) is 19.9 Å². The van der Waals surface area contributed by atoms with E-state index in [1.165, 1.54) is 10.7 Å². The maximum atomic E-state index is 14.2. The Morgan fingerprint density at radius 1 is 1.12 bits per heavy atom. The summed E-state index contributed by atoms with van der Waals surface area (Å²) >= 11 is 6.31. The summed E-state index contributed by atoms with van der Waals surface area (Å²) in [6.07, 6.45) is 0. The highest BCUT2D eigenvalue weighted by Crippen LogP contribution is 2.27. The van der Waals surface area contributed by atoms with Crippen LogP contribution in [0, 0.1) is 5.82 Å². The molecule has 0 unspecified atom stereocenters. The summed E-state index contributed by atoms with van der Waals surface area (Å²) in [4.78, 5) is 14.7. The first-order valence-electron chi connectivity index (χ1n) is 8.46. The van der Waals surface area contributed by atoms with E-state index in [4.69, 9.17) is 11.6 Å². The summed E-state index contributed by atoms with van der Waals surface area (Å²) in [5, 5.41) is 4.95. The molecule has 0 atom stereocenters. The second-order valence-corrected chi connectivity index (χ2v) is 6.14. The Hall–Kier alpha value is -2.66. The standard InChI is InChI=1S/C20H19ClFN3O/c1-3-24(4-2)20(26)19-13-17(14-9-5-7-11-16(14)22)23-25(19)18-12-8-6-10-15(18)21/h5-13H,3-4H2,1-2H3. The fraction of sp³-hybridized carbons (Fsp3) is 0.200. The van der Waals surface area contributed by atoms with Crippen molar-refractivity contribution in [1.82, 2.24) is 14.7 Å². The van der Waals surface area contributed by atoms with Crippen LogP contribution in [-0.2, 0) is 0 Å². The zero-order chi connectivity index (χ0) is 18.7. The average Bonchev–Trinajstić information content (AvgIpc) is 3.08. The highest BCUT2D eigenvalue weighted by atomic mass is 35.5. The van der Waals surface area contributed by atoms with Crippen LogP contribution in [-0.4, -0.2) is 33.7 Å². The molecule has 4 nitrogen and oxygen atoms in total. The van der Waals surface area contributed by atoms with Gasteiger partial charge in [0.15, 0.2) is 0 Å². The Morgan fingerprint density at radius 3 is 2.42 bits per heavy atom. The second kappa shape index (κ2) is 7.70. The first kappa shape index (κ1) is 18.1. The van der Waals surface area contributed by atoms with Gasteiger partial charge in [0.25, 0.3) is 5.91 Å². The van der Waals surface area contributed by atoms with Crippen LogP contribution < -0.4 is 0 Å². The van der Waals surface area contributed by atoms with Gasteiger partial charge in [0.05, 0.1) is 16.4 Å². The minimum Gasteiger partial charge on any atom is -0.338 e. The number of rotatable bonds is 5. The van der Waals surface area contributed by atoms with Crippen molar-refractivity contribution < 1.29 is 9.18 Å². The SMILES string of the molecule is CCN(CC)C(=O)c1cc(-c2ccccc2F)nn1-c1ccccc1Cl. The number of hydrogen-bond acceptors (Lipinski definition) is 2. The monoisotopic (exact) mass is 371 g/mol. The van der Waals surface area contributed by atoms with Gasteiger partial charge in [-0.3, -0.25) is 4.79 Å². The van der Waals surface area contributed by atoms with Gasteiger partial charge in [-0.1, -0.05) is 35.9 Å². The van der Waals surface area contributed by atoms with E-state index >= 15 is 0 Å². The molecular formula is C20H19ClFN3O. The van der Waals surface area contributed by atoms with Gasteiger partial charge in [0.2, 0.25) is 0 Å². The van der Waals surface area contributed by atoms with Crippen LogP contribution in [0.3, 0.4) is 0 Å². The van der Waals surface area contributed by atoms with Crippen LogP contribution in [0.1, 0.15) is 24.3 Å². The van der Waals surface area contributed by atoms with Gasteiger partial charge in [-0.15, -0.1) is 0 Å². The number of hydrogen-bond donors (Lipinski definition) is 0. The van der Waals surface area contributed by atoms with Crippen LogP contribution in [0.25, 0.3) is 16.9 Å². The molecule has 0 fully saturated rings. The van der Waals surface area contributed by atoms with Crippen LogP contribution in [0.4, 0.5) is 4.39 Å². The first-order valence-corrected chi connectivity index (χ1v) is 8.83. The van der Waals surface area contributed by atoms with E-state index < -0.39 is 5.82 Å². The summed E-state index contributed by atoms with van der Waals surface area (Å²) in [6, 6.07) is 15.1. The number of carbonyl (C=O) groups is 1. The lowest BCUT2D eigenvalue weighted by molar-refractivity contribution is 0.0764. The smallest absolute Gasteiger partial charge is 0.272 e. The predicted molar refractivity (Wildman–Crippen MR) is 101 cm³/mol. The Morgan fingerprint density at radius 2 is 1.77 bits per heavy atom. The number of carbonyl (C=O) groups excluding carboxylic acids is 1. The molecule has 0 N–H and O–H groups in total. The first-order chi connectivity index (χ1) is 12.6. The predicted octanol–water partition coefficient (Wildman–Crippen LogP) is 4.81. The molecule has 0 saturated carbocycles. The minimum absolute atomic E-state index is 0.176. The molecule has 6 heteroatoms. The van der Waals surface area contributed by atoms with E-state index in [-0.39, 0.29) is 5.91 Å². The fourth-order valence-electron chi connectivity index (χ4n) is 2.81. The van der Waals surface area contributed by atoms with Crippen molar-refractivity contribution >= 4 is 17.5 Å². The van der Waals surface area contributed by atoms with Crippen molar-refractivity contribution in [2.45, 2.75) is 13.8 Å². The van der Waals surface area contributed by atoms with Gasteiger partial charge < -0.3 is 4.90 Å². The normalized spacial score (nSPS) is 10.8. The quantitative estimate of drug-likeness (QED) is 0.645. The van der Waals surface area contributed by atoms with Crippen molar-refractivity contribution in [3.63, 3.8) is 0 Å². The summed E-state index contributed by atoms with van der Waals surface area (Å²) in [6.45, 7) is 4.96. The Kier molecular flexibility index (Phi) is 5.38. The van der Waals surface area contributed by atoms with Crippen molar-refractivity contribution in [3.8, 4) is 16.9 Å². The molecule has 0 spiro atoms. The van der Waals surface area contributed by atoms with Gasteiger partial charge in [-0.05, 0) is 44.2 Å². The Balaban J connectivity index is 2.20. The molecule has 26 heavy (non-hydrogen) atoms. The lowest BCUT2D eigenvalue weighted by Crippen LogP contribution is -2.32. The molecule has 0 aliphatic heterocycles. The summed E-state index contributed by atoms with van der Waals surface area (Å²) in [7, 11) is 0. The van der Waals surface area contributed by atoms with Crippen molar-refractivity contribution in [2.24, 2.45) is 0 Å². The number of benzene rings is 2. The molecule has 134 valence electrons. The minimum atomic E-state index is -0.391. The van der Waals surface area contributed by atoms with E-state index in [1.54, 1.807) is 47.4 Å². The topological polar surface area (TPSA) is 38.1 Å². The molecule has 0 radical (unpaired) electrons. The summed E-state index contributed by atoms with van der Waals surface area (Å²) < 4.78 is 15.7. The molecule has 3 rings (SSSR count). The van der Waals surface area contributed by atoms with E-state index in [0.29, 0.717) is 40.8 Å². The molecule has 1 amide bonds. The van der Waals surface area contributed by atoms with Crippen molar-refractivity contribution in [1.29, 1.82) is 0 Å². The third-order valence-corrected chi connectivity index (χ3v) is 4.53. The molecule has 1 heterocycles. The van der Waals surface area contributed by atoms with Crippen molar-refractivity contribution in [2.75, 3.05) is 13.1 Å². The number of aromatic nitrogens is 2. The van der Waals surface area contributed by atoms with Crippen molar-refractivity contribution in [3.05, 3.63) is 71.1 Å². The fourth-order valence-corrected chi connectivity index (χ4v) is 3.03. The molecule has 0 bridgehead atoms. The third-order valence-electron chi connectivity index (χ3n) is 4.21. The van der Waals surface area contributed by atoms with Gasteiger partial charge in [-0.25, -0.2) is 9.07 Å². The Bertz CT molecular complexity index is 934. The van der Waals surface area contributed by atoms with Crippen LogP contribution in [0.2, 0.25) is 5.02 Å². The van der Waals surface area contributed by atoms with Crippen LogP contribution in [0.5, 0.6) is 0 Å². The van der Waals surface area contributed by atoms with E-state index in [2.05, 4.69) is 5.10 Å². The zero-order valence-corrected chi connectivity index (χ0v) is 15.4. The van der Waals surface area contributed by atoms with E-state index in [9.17, 15) is 9.18 Å². The lowest BCUT2D eigenvalue weighted by atomic mass is 10.1. The highest BCUT2D eigenvalue weighted by molar-refractivity contribution is 6.32. The molecule has 3 aromatic rings. The number of nitrogens with zero attached hydrogens (tertiary/aromatic N) is 3. The highest BCUT2D eigenvalue weighted by Gasteiger charge is 2.23. The van der Waals surface area contributed by atoms with Crippen LogP contribution >= 0.6 is 11.6 Å². The van der Waals surface area contributed by atoms with Crippen LogP contribution in [0.15, 0.2) is 54.6 Å². The molecular weight excluding hydrogens is 353 g/mol. The molecule has 1 aromatic heterocycles.